The van der Waals surface area contributed by atoms with Gasteiger partial charge in [-0.15, -0.1) is 0 Å². The molecular formula is C16H22N6OS. The minimum Gasteiger partial charge on any atom is -0.344 e. The number of anilines is 1. The summed E-state index contributed by atoms with van der Waals surface area (Å²) in [6, 6.07) is 1.78. The first-order valence-corrected chi connectivity index (χ1v) is 9.34. The zero-order chi connectivity index (χ0) is 16.5. The zero-order valence-corrected chi connectivity index (χ0v) is 14.8. The molecule has 7 nitrogen and oxygen atoms in total. The third-order valence-corrected chi connectivity index (χ3v) is 5.68. The molecule has 2 aromatic heterocycles. The maximum absolute atomic E-state index is 12.2. The predicted molar refractivity (Wildman–Crippen MR) is 93.8 cm³/mol. The van der Waals surface area contributed by atoms with Crippen LogP contribution in [0.25, 0.3) is 0 Å². The Labute approximate surface area is 145 Å². The normalized spacial score (nSPS) is 18.1. The van der Waals surface area contributed by atoms with Crippen molar-refractivity contribution in [3.63, 3.8) is 0 Å². The topological polar surface area (TPSA) is 67.2 Å². The molecule has 2 aliphatic rings. The summed E-state index contributed by atoms with van der Waals surface area (Å²) in [6.07, 6.45) is 3.14. The molecule has 4 rings (SSSR count). The Morgan fingerprint density at radius 1 is 1.17 bits per heavy atom. The SMILES string of the molecule is Cc1nsc(N2CCN(CCn3nc4c(cc3=O)CCC4)CC2)n1. The van der Waals surface area contributed by atoms with Crippen LogP contribution in [-0.2, 0) is 19.4 Å². The summed E-state index contributed by atoms with van der Waals surface area (Å²) >= 11 is 1.47. The number of nitrogens with zero attached hydrogens (tertiary/aromatic N) is 6. The van der Waals surface area contributed by atoms with E-state index in [1.165, 1.54) is 11.5 Å². The van der Waals surface area contributed by atoms with Gasteiger partial charge in [-0.3, -0.25) is 9.69 Å². The predicted octanol–water partition coefficient (Wildman–Crippen LogP) is 0.714. The Balaban J connectivity index is 1.32. The van der Waals surface area contributed by atoms with Crippen LogP contribution in [0.15, 0.2) is 10.9 Å². The summed E-state index contributed by atoms with van der Waals surface area (Å²) in [5, 5.41) is 5.57. The molecule has 1 saturated heterocycles. The van der Waals surface area contributed by atoms with E-state index in [9.17, 15) is 4.79 Å². The van der Waals surface area contributed by atoms with Crippen molar-refractivity contribution in [3.05, 3.63) is 33.5 Å². The highest BCUT2D eigenvalue weighted by Gasteiger charge is 2.20. The molecule has 0 saturated carbocycles. The van der Waals surface area contributed by atoms with Crippen molar-refractivity contribution in [1.82, 2.24) is 24.0 Å². The van der Waals surface area contributed by atoms with Gasteiger partial charge in [0.05, 0.1) is 12.2 Å². The molecule has 0 N–H and O–H groups in total. The van der Waals surface area contributed by atoms with Crippen LogP contribution in [-0.4, -0.2) is 56.8 Å². The Kier molecular flexibility index (Phi) is 4.32. The summed E-state index contributed by atoms with van der Waals surface area (Å²) in [5.41, 5.74) is 2.31. The first-order chi connectivity index (χ1) is 11.7. The highest BCUT2D eigenvalue weighted by Crippen LogP contribution is 2.19. The van der Waals surface area contributed by atoms with Crippen molar-refractivity contribution < 1.29 is 0 Å². The van der Waals surface area contributed by atoms with Gasteiger partial charge >= 0.3 is 0 Å². The summed E-state index contributed by atoms with van der Waals surface area (Å²) in [5.74, 6) is 0.847. The maximum atomic E-state index is 12.2. The van der Waals surface area contributed by atoms with Crippen molar-refractivity contribution in [2.75, 3.05) is 37.6 Å². The van der Waals surface area contributed by atoms with Crippen LogP contribution in [0.5, 0.6) is 0 Å². The van der Waals surface area contributed by atoms with Crippen molar-refractivity contribution in [2.45, 2.75) is 32.7 Å². The number of hydrogen-bond acceptors (Lipinski definition) is 7. The Bertz CT molecular complexity index is 777. The third-order valence-electron chi connectivity index (χ3n) is 4.81. The van der Waals surface area contributed by atoms with E-state index in [1.807, 2.05) is 6.92 Å². The van der Waals surface area contributed by atoms with Gasteiger partial charge in [0.25, 0.3) is 5.56 Å². The highest BCUT2D eigenvalue weighted by molar-refractivity contribution is 7.09. The number of aromatic nitrogens is 4. The van der Waals surface area contributed by atoms with E-state index >= 15 is 0 Å². The summed E-state index contributed by atoms with van der Waals surface area (Å²) in [6.45, 7) is 7.36. The Morgan fingerprint density at radius 2 is 2.00 bits per heavy atom. The van der Waals surface area contributed by atoms with Crippen molar-refractivity contribution >= 4 is 16.7 Å². The van der Waals surface area contributed by atoms with Crippen LogP contribution >= 0.6 is 11.5 Å². The second-order valence-corrected chi connectivity index (χ2v) is 7.21. The highest BCUT2D eigenvalue weighted by atomic mass is 32.1. The quantitative estimate of drug-likeness (QED) is 0.812. The zero-order valence-electron chi connectivity index (χ0n) is 13.9. The smallest absolute Gasteiger partial charge is 0.267 e. The lowest BCUT2D eigenvalue weighted by atomic mass is 10.2. The molecule has 0 amide bonds. The first-order valence-electron chi connectivity index (χ1n) is 8.56. The molecule has 24 heavy (non-hydrogen) atoms. The van der Waals surface area contributed by atoms with Crippen LogP contribution in [0.3, 0.4) is 0 Å². The van der Waals surface area contributed by atoms with E-state index in [-0.39, 0.29) is 5.56 Å². The largest absolute Gasteiger partial charge is 0.344 e. The molecular weight excluding hydrogens is 324 g/mol. The lowest BCUT2D eigenvalue weighted by Crippen LogP contribution is -2.47. The molecule has 128 valence electrons. The fourth-order valence-electron chi connectivity index (χ4n) is 3.41. The van der Waals surface area contributed by atoms with Gasteiger partial charge in [-0.1, -0.05) is 0 Å². The van der Waals surface area contributed by atoms with Gasteiger partial charge in [-0.05, 0) is 31.7 Å². The van der Waals surface area contributed by atoms with Crippen LogP contribution in [0.4, 0.5) is 5.13 Å². The average molecular weight is 346 g/mol. The molecule has 8 heteroatoms. The van der Waals surface area contributed by atoms with Gasteiger partial charge in [0, 0.05) is 50.3 Å². The third kappa shape index (κ3) is 3.21. The molecule has 0 unspecified atom stereocenters. The van der Waals surface area contributed by atoms with Gasteiger partial charge in [-0.2, -0.15) is 9.47 Å². The minimum atomic E-state index is 0.0404. The van der Waals surface area contributed by atoms with E-state index in [1.54, 1.807) is 10.7 Å². The number of rotatable bonds is 4. The van der Waals surface area contributed by atoms with E-state index in [4.69, 9.17) is 0 Å². The van der Waals surface area contributed by atoms with Crippen molar-refractivity contribution in [1.29, 1.82) is 0 Å². The lowest BCUT2D eigenvalue weighted by Gasteiger charge is -2.34. The monoisotopic (exact) mass is 346 g/mol. The average Bonchev–Trinajstić information content (AvgIpc) is 3.21. The van der Waals surface area contributed by atoms with Crippen LogP contribution in [0, 0.1) is 6.92 Å². The molecule has 0 spiro atoms. The van der Waals surface area contributed by atoms with Crippen LogP contribution in [0.1, 0.15) is 23.5 Å². The minimum absolute atomic E-state index is 0.0404. The van der Waals surface area contributed by atoms with Crippen molar-refractivity contribution in [3.8, 4) is 0 Å². The second-order valence-electron chi connectivity index (χ2n) is 6.48. The van der Waals surface area contributed by atoms with Gasteiger partial charge in [0.1, 0.15) is 5.82 Å². The fourth-order valence-corrected chi connectivity index (χ4v) is 4.14. The number of hydrogen-bond donors (Lipinski definition) is 0. The Hall–Kier alpha value is -1.80. The van der Waals surface area contributed by atoms with E-state index in [2.05, 4.69) is 24.3 Å². The molecule has 2 aromatic rings. The van der Waals surface area contributed by atoms with Crippen molar-refractivity contribution in [2.24, 2.45) is 0 Å². The number of aryl methyl sites for hydroxylation is 3. The lowest BCUT2D eigenvalue weighted by molar-refractivity contribution is 0.242. The molecule has 1 aliphatic heterocycles. The fraction of sp³-hybridized carbons (Fsp3) is 0.625. The second kappa shape index (κ2) is 6.60. The van der Waals surface area contributed by atoms with E-state index < -0.39 is 0 Å². The molecule has 1 fully saturated rings. The van der Waals surface area contributed by atoms with Crippen LogP contribution < -0.4 is 10.5 Å². The summed E-state index contributed by atoms with van der Waals surface area (Å²) in [7, 11) is 0. The molecule has 1 aliphatic carbocycles. The number of piperazine rings is 1. The summed E-state index contributed by atoms with van der Waals surface area (Å²) < 4.78 is 5.90. The molecule has 0 bridgehead atoms. The van der Waals surface area contributed by atoms with Gasteiger partial charge in [0.2, 0.25) is 5.13 Å². The van der Waals surface area contributed by atoms with E-state index in [0.717, 1.165) is 74.2 Å². The maximum Gasteiger partial charge on any atom is 0.267 e. The van der Waals surface area contributed by atoms with Gasteiger partial charge in [-0.25, -0.2) is 9.67 Å². The summed E-state index contributed by atoms with van der Waals surface area (Å²) in [4.78, 5) is 21.3. The van der Waals surface area contributed by atoms with Gasteiger partial charge < -0.3 is 4.90 Å². The Morgan fingerprint density at radius 3 is 2.75 bits per heavy atom. The van der Waals surface area contributed by atoms with Gasteiger partial charge in [0.15, 0.2) is 0 Å². The molecule has 0 atom stereocenters. The molecule has 0 aromatic carbocycles. The van der Waals surface area contributed by atoms with E-state index in [0.29, 0.717) is 6.54 Å². The molecule has 3 heterocycles. The standard InChI is InChI=1S/C16H22N6OS/c1-12-17-16(24-19-12)21-8-5-20(6-9-21)7-10-22-15(23)11-13-3-2-4-14(13)18-22/h11H,2-10H2,1H3. The number of fused-ring (bicyclic) bond motifs is 1. The molecule has 0 radical (unpaired) electrons. The van der Waals surface area contributed by atoms with Crippen LogP contribution in [0.2, 0.25) is 0 Å². The first kappa shape index (κ1) is 15.7.